The van der Waals surface area contributed by atoms with E-state index in [1.807, 2.05) is 6.92 Å². The molecule has 0 fully saturated rings. The lowest BCUT2D eigenvalue weighted by molar-refractivity contribution is 0.0953. The maximum atomic E-state index is 11.7. The first kappa shape index (κ1) is 13.8. The number of halogens is 3. The largest absolute Gasteiger partial charge is 0.352 e. The molecule has 0 aliphatic carbocycles. The molecule has 1 amide bonds. The fourth-order valence-corrected chi connectivity index (χ4v) is 1.76. The van der Waals surface area contributed by atoms with Crippen LogP contribution in [0.5, 0.6) is 0 Å². The van der Waals surface area contributed by atoms with E-state index in [0.717, 1.165) is 6.42 Å². The molecule has 5 heteroatoms. The van der Waals surface area contributed by atoms with E-state index in [-0.39, 0.29) is 5.91 Å². The van der Waals surface area contributed by atoms with E-state index in [1.165, 1.54) is 0 Å². The van der Waals surface area contributed by atoms with Crippen molar-refractivity contribution in [3.63, 3.8) is 0 Å². The molecular weight excluding hydrogens is 313 g/mol. The van der Waals surface area contributed by atoms with Gasteiger partial charge in [-0.05, 0) is 24.6 Å². The molecule has 0 heterocycles. The summed E-state index contributed by atoms with van der Waals surface area (Å²) in [5, 5.41) is 3.70. The Morgan fingerprint density at radius 2 is 2.19 bits per heavy atom. The summed E-state index contributed by atoms with van der Waals surface area (Å²) in [7, 11) is 0. The van der Waals surface area contributed by atoms with E-state index in [9.17, 15) is 4.79 Å². The molecule has 2 nitrogen and oxygen atoms in total. The number of alkyl halides is 1. The predicted molar refractivity (Wildman–Crippen MR) is 71.8 cm³/mol. The normalized spacial score (nSPS) is 12.2. The average molecular weight is 325 g/mol. The van der Waals surface area contributed by atoms with Gasteiger partial charge in [0.1, 0.15) is 0 Å². The van der Waals surface area contributed by atoms with Crippen LogP contribution in [0.3, 0.4) is 0 Å². The highest BCUT2D eigenvalue weighted by molar-refractivity contribution is 9.09. The van der Waals surface area contributed by atoms with Gasteiger partial charge in [0.15, 0.2) is 0 Å². The molecular formula is C11H12BrCl2NO. The van der Waals surface area contributed by atoms with Gasteiger partial charge in [-0.3, -0.25) is 4.79 Å². The maximum absolute atomic E-state index is 11.7. The SMILES string of the molecule is CC(Br)CCNC(=O)c1cc(Cl)ccc1Cl. The average Bonchev–Trinajstić information content (AvgIpc) is 2.21. The number of rotatable bonds is 4. The van der Waals surface area contributed by atoms with Crippen LogP contribution in [0.1, 0.15) is 23.7 Å². The van der Waals surface area contributed by atoms with Crippen LogP contribution in [0.15, 0.2) is 18.2 Å². The van der Waals surface area contributed by atoms with E-state index in [1.54, 1.807) is 18.2 Å². The Kier molecular flexibility index (Phi) is 5.59. The molecule has 1 atom stereocenters. The van der Waals surface area contributed by atoms with Gasteiger partial charge in [-0.1, -0.05) is 46.1 Å². The van der Waals surface area contributed by atoms with Crippen LogP contribution in [-0.2, 0) is 0 Å². The molecule has 1 aromatic carbocycles. The smallest absolute Gasteiger partial charge is 0.252 e. The predicted octanol–water partition coefficient (Wildman–Crippen LogP) is 3.90. The minimum atomic E-state index is -0.194. The van der Waals surface area contributed by atoms with Gasteiger partial charge in [-0.15, -0.1) is 0 Å². The molecule has 0 aromatic heterocycles. The minimum absolute atomic E-state index is 0.194. The topological polar surface area (TPSA) is 29.1 Å². The number of nitrogens with one attached hydrogen (secondary N) is 1. The van der Waals surface area contributed by atoms with Gasteiger partial charge in [0.25, 0.3) is 5.91 Å². The van der Waals surface area contributed by atoms with E-state index in [4.69, 9.17) is 23.2 Å². The van der Waals surface area contributed by atoms with E-state index < -0.39 is 0 Å². The Morgan fingerprint density at radius 1 is 1.50 bits per heavy atom. The Balaban J connectivity index is 2.62. The van der Waals surface area contributed by atoms with Crippen LogP contribution >= 0.6 is 39.1 Å². The Morgan fingerprint density at radius 3 is 2.81 bits per heavy atom. The number of amides is 1. The van der Waals surface area contributed by atoms with Crippen molar-refractivity contribution in [2.75, 3.05) is 6.54 Å². The first-order chi connectivity index (χ1) is 7.50. The summed E-state index contributed by atoms with van der Waals surface area (Å²) < 4.78 is 0. The molecule has 0 bridgehead atoms. The molecule has 1 unspecified atom stereocenters. The second-order valence-electron chi connectivity index (χ2n) is 3.45. The zero-order valence-electron chi connectivity index (χ0n) is 8.77. The van der Waals surface area contributed by atoms with Gasteiger partial charge in [0.2, 0.25) is 0 Å². The van der Waals surface area contributed by atoms with E-state index >= 15 is 0 Å². The standard InChI is InChI=1S/C11H12BrCl2NO/c1-7(12)4-5-15-11(16)9-6-8(13)2-3-10(9)14/h2-3,6-7H,4-5H2,1H3,(H,15,16). The lowest BCUT2D eigenvalue weighted by Crippen LogP contribution is -2.25. The summed E-state index contributed by atoms with van der Waals surface area (Å²) in [5.41, 5.74) is 0.413. The summed E-state index contributed by atoms with van der Waals surface area (Å²) in [4.78, 5) is 12.1. The quantitative estimate of drug-likeness (QED) is 0.836. The van der Waals surface area contributed by atoms with Gasteiger partial charge in [0, 0.05) is 16.4 Å². The van der Waals surface area contributed by atoms with Crippen molar-refractivity contribution >= 4 is 45.0 Å². The molecule has 0 aliphatic heterocycles. The second kappa shape index (κ2) is 6.48. The highest BCUT2D eigenvalue weighted by Crippen LogP contribution is 2.20. The number of hydrogen-bond acceptors (Lipinski definition) is 1. The Labute approximate surface area is 113 Å². The molecule has 1 N–H and O–H groups in total. The second-order valence-corrected chi connectivity index (χ2v) is 5.86. The highest BCUT2D eigenvalue weighted by atomic mass is 79.9. The van der Waals surface area contributed by atoms with Crippen LogP contribution < -0.4 is 5.32 Å². The molecule has 0 spiro atoms. The van der Waals surface area contributed by atoms with Crippen molar-refractivity contribution in [1.29, 1.82) is 0 Å². The zero-order chi connectivity index (χ0) is 12.1. The van der Waals surface area contributed by atoms with Gasteiger partial charge >= 0.3 is 0 Å². The summed E-state index contributed by atoms with van der Waals surface area (Å²) in [6, 6.07) is 4.84. The lowest BCUT2D eigenvalue weighted by Gasteiger charge is -2.07. The van der Waals surface area contributed by atoms with Crippen LogP contribution in [0.2, 0.25) is 10.0 Å². The molecule has 88 valence electrons. The van der Waals surface area contributed by atoms with Crippen molar-refractivity contribution in [2.45, 2.75) is 18.2 Å². The third-order valence-corrected chi connectivity index (χ3v) is 3.02. The van der Waals surface area contributed by atoms with E-state index in [0.29, 0.717) is 27.0 Å². The van der Waals surface area contributed by atoms with E-state index in [2.05, 4.69) is 21.2 Å². The summed E-state index contributed by atoms with van der Waals surface area (Å²) in [6.07, 6.45) is 0.865. The Hall–Kier alpha value is -0.250. The van der Waals surface area contributed by atoms with Gasteiger partial charge in [-0.2, -0.15) is 0 Å². The molecule has 0 saturated heterocycles. The maximum Gasteiger partial charge on any atom is 0.252 e. The van der Waals surface area contributed by atoms with Crippen molar-refractivity contribution in [1.82, 2.24) is 5.32 Å². The number of carbonyl (C=O) groups is 1. The third kappa shape index (κ3) is 4.32. The van der Waals surface area contributed by atoms with Crippen molar-refractivity contribution in [3.8, 4) is 0 Å². The number of benzene rings is 1. The number of hydrogen-bond donors (Lipinski definition) is 1. The first-order valence-corrected chi connectivity index (χ1v) is 6.55. The molecule has 0 aliphatic rings. The van der Waals surface area contributed by atoms with Crippen molar-refractivity contribution in [2.24, 2.45) is 0 Å². The van der Waals surface area contributed by atoms with Gasteiger partial charge in [-0.25, -0.2) is 0 Å². The third-order valence-electron chi connectivity index (χ3n) is 2.00. The van der Waals surface area contributed by atoms with Gasteiger partial charge in [0.05, 0.1) is 10.6 Å². The van der Waals surface area contributed by atoms with Crippen LogP contribution in [0.25, 0.3) is 0 Å². The molecule has 16 heavy (non-hydrogen) atoms. The minimum Gasteiger partial charge on any atom is -0.352 e. The molecule has 0 saturated carbocycles. The lowest BCUT2D eigenvalue weighted by atomic mass is 10.2. The first-order valence-electron chi connectivity index (χ1n) is 4.88. The fraction of sp³-hybridized carbons (Fsp3) is 0.364. The molecule has 1 rings (SSSR count). The van der Waals surface area contributed by atoms with Gasteiger partial charge < -0.3 is 5.32 Å². The van der Waals surface area contributed by atoms with Crippen LogP contribution in [-0.4, -0.2) is 17.3 Å². The zero-order valence-corrected chi connectivity index (χ0v) is 11.9. The molecule has 0 radical (unpaired) electrons. The number of carbonyl (C=O) groups excluding carboxylic acids is 1. The van der Waals surface area contributed by atoms with Crippen molar-refractivity contribution in [3.05, 3.63) is 33.8 Å². The van der Waals surface area contributed by atoms with Crippen molar-refractivity contribution < 1.29 is 4.79 Å². The summed E-state index contributed by atoms with van der Waals surface area (Å²) in [5.74, 6) is -0.194. The van der Waals surface area contributed by atoms with Crippen LogP contribution in [0, 0.1) is 0 Å². The monoisotopic (exact) mass is 323 g/mol. The Bertz CT molecular complexity index is 382. The van der Waals surface area contributed by atoms with Crippen LogP contribution in [0.4, 0.5) is 0 Å². The fourth-order valence-electron chi connectivity index (χ4n) is 1.15. The summed E-state index contributed by atoms with van der Waals surface area (Å²) in [6.45, 7) is 2.63. The highest BCUT2D eigenvalue weighted by Gasteiger charge is 2.10. The summed E-state index contributed by atoms with van der Waals surface area (Å²) >= 11 is 15.1. The molecule has 1 aromatic rings.